The molecule has 3 N–H and O–H groups in total. The van der Waals surface area contributed by atoms with Gasteiger partial charge in [0.25, 0.3) is 0 Å². The highest BCUT2D eigenvalue weighted by atomic mass is 32.2. The number of benzene rings is 1. The van der Waals surface area contributed by atoms with Crippen molar-refractivity contribution in [3.63, 3.8) is 0 Å². The first kappa shape index (κ1) is 35.4. The Kier molecular flexibility index (Phi) is 10.5. The Hall–Kier alpha value is -2.44. The van der Waals surface area contributed by atoms with E-state index < -0.39 is 108 Å². The first-order chi connectivity index (χ1) is 20.9. The number of aromatic nitrogens is 3. The van der Waals surface area contributed by atoms with Gasteiger partial charge in [-0.3, -0.25) is 4.79 Å². The number of rotatable bonds is 10. The van der Waals surface area contributed by atoms with Crippen LogP contribution in [0.25, 0.3) is 11.3 Å². The zero-order chi connectivity index (χ0) is 33.5. The molecule has 2 aromatic rings. The van der Waals surface area contributed by atoms with E-state index in [0.29, 0.717) is 23.9 Å². The molecule has 0 spiro atoms. The normalized spacial score (nSPS) is 27.3. The number of hydrogen-bond acceptors (Lipinski definition) is 9. The second-order valence-corrected chi connectivity index (χ2v) is 13.3. The number of nitrogens with zero attached hydrogens (tertiary/aromatic N) is 4. The third-order valence-corrected chi connectivity index (χ3v) is 9.57. The minimum absolute atomic E-state index is 0.105. The fourth-order valence-electron chi connectivity index (χ4n) is 5.68. The number of methoxy groups -OCH3 is 1. The molecule has 2 fully saturated rings. The van der Waals surface area contributed by atoms with E-state index in [1.807, 2.05) is 0 Å². The van der Waals surface area contributed by atoms with Crippen LogP contribution in [0, 0.1) is 17.5 Å². The highest BCUT2D eigenvalue weighted by Crippen LogP contribution is 2.47. The van der Waals surface area contributed by atoms with Crippen molar-refractivity contribution < 1.29 is 55.9 Å². The molecule has 0 bridgehead atoms. The van der Waals surface area contributed by atoms with E-state index in [2.05, 4.69) is 10.3 Å². The van der Waals surface area contributed by atoms with Gasteiger partial charge in [-0.1, -0.05) is 5.21 Å². The predicted molar refractivity (Wildman–Crippen MR) is 149 cm³/mol. The van der Waals surface area contributed by atoms with Crippen molar-refractivity contribution in [2.24, 2.45) is 0 Å². The van der Waals surface area contributed by atoms with Crippen molar-refractivity contribution in [2.45, 2.75) is 91.8 Å². The van der Waals surface area contributed by atoms with Gasteiger partial charge in [-0.25, -0.2) is 31.0 Å². The number of thioether (sulfide) groups is 1. The van der Waals surface area contributed by atoms with Gasteiger partial charge in [-0.2, -0.15) is 0 Å². The van der Waals surface area contributed by atoms with E-state index in [-0.39, 0.29) is 17.8 Å². The lowest BCUT2D eigenvalue weighted by atomic mass is 9.80. The summed E-state index contributed by atoms with van der Waals surface area (Å²) in [5.41, 5.74) is -5.31. The molecule has 2 aliphatic rings. The Bertz CT molecular complexity index is 1330. The molecule has 1 saturated carbocycles. The SMILES string of the molecule is CO[C@@H]1[C@@H](n2cc(-c3cc(F)c(F)c(F)c3)nn2)[C@@H](O)[C@@H](CO)O[C@H]1S[C@H](C(=O)N(C)CC(C)(C)F)C1(O)CCC(F)(F)CC1. The number of hydrogen-bond donors (Lipinski definition) is 3. The molecule has 4 rings (SSSR count). The van der Waals surface area contributed by atoms with Crippen LogP contribution >= 0.6 is 11.8 Å². The van der Waals surface area contributed by atoms with Gasteiger partial charge in [0.2, 0.25) is 11.8 Å². The fourth-order valence-corrected chi connectivity index (χ4v) is 7.37. The average Bonchev–Trinajstić information content (AvgIpc) is 3.45. The van der Waals surface area contributed by atoms with E-state index in [1.165, 1.54) is 34.2 Å². The van der Waals surface area contributed by atoms with Crippen LogP contribution < -0.4 is 0 Å². The van der Waals surface area contributed by atoms with Crippen LogP contribution in [0.1, 0.15) is 45.6 Å². The van der Waals surface area contributed by atoms with Crippen LogP contribution in [-0.2, 0) is 14.3 Å². The summed E-state index contributed by atoms with van der Waals surface area (Å²) in [5, 5.41) is 39.1. The average molecular weight is 671 g/mol. The second kappa shape index (κ2) is 13.4. The molecule has 1 aromatic heterocycles. The molecule has 252 valence electrons. The number of ether oxygens (including phenoxy) is 2. The van der Waals surface area contributed by atoms with Crippen LogP contribution in [0.4, 0.5) is 26.3 Å². The van der Waals surface area contributed by atoms with Gasteiger partial charge < -0.3 is 29.7 Å². The lowest BCUT2D eigenvalue weighted by Gasteiger charge is -2.47. The zero-order valence-electron chi connectivity index (χ0n) is 25.0. The summed E-state index contributed by atoms with van der Waals surface area (Å²) in [6.45, 7) is 1.39. The minimum atomic E-state index is -3.05. The van der Waals surface area contributed by atoms with Crippen LogP contribution in [0.5, 0.6) is 0 Å². The summed E-state index contributed by atoms with van der Waals surface area (Å²) in [4.78, 5) is 14.8. The molecule has 6 atom stereocenters. The summed E-state index contributed by atoms with van der Waals surface area (Å²) >= 11 is 0.714. The van der Waals surface area contributed by atoms with Gasteiger partial charge in [-0.05, 0) is 38.8 Å². The second-order valence-electron chi connectivity index (χ2n) is 12.1. The molecule has 0 unspecified atom stereocenters. The Labute approximate surface area is 259 Å². The quantitative estimate of drug-likeness (QED) is 0.258. The zero-order valence-corrected chi connectivity index (χ0v) is 25.8. The molecule has 1 aliphatic carbocycles. The van der Waals surface area contributed by atoms with Gasteiger partial charge in [0.05, 0.1) is 24.9 Å². The standard InChI is InChI=1S/C28H36F6N4O6S/c1-26(2,32)13-37(3)24(41)23(27(42)5-7-28(33,34)8-6-27)45-25-22(43-4)20(21(40)18(12-39)44-25)38-11-17(35-36-38)14-9-15(29)19(31)16(30)10-14/h9-11,18,20-23,25,39-40,42H,5-8,12-13H2,1-4H3/t18-,20+,21+,22-,23-,25+/m1/s1. The van der Waals surface area contributed by atoms with Gasteiger partial charge in [0, 0.05) is 32.6 Å². The number of carbonyl (C=O) groups excluding carboxylic acids is 1. The molecule has 0 radical (unpaired) electrons. The maximum absolute atomic E-state index is 14.5. The molecule has 1 aromatic carbocycles. The number of aliphatic hydroxyl groups excluding tert-OH is 2. The van der Waals surface area contributed by atoms with E-state index in [1.54, 1.807) is 0 Å². The van der Waals surface area contributed by atoms with E-state index >= 15 is 0 Å². The van der Waals surface area contributed by atoms with Crippen molar-refractivity contribution in [1.29, 1.82) is 0 Å². The van der Waals surface area contributed by atoms with Crippen molar-refractivity contribution in [3.05, 3.63) is 35.8 Å². The molecule has 1 saturated heterocycles. The first-order valence-electron chi connectivity index (χ1n) is 14.1. The predicted octanol–water partition coefficient (Wildman–Crippen LogP) is 3.25. The van der Waals surface area contributed by atoms with Crippen LogP contribution in [0.3, 0.4) is 0 Å². The highest BCUT2D eigenvalue weighted by molar-refractivity contribution is 8.01. The number of amides is 1. The molecular formula is C28H36F6N4O6S. The Morgan fingerprint density at radius 1 is 1.22 bits per heavy atom. The highest BCUT2D eigenvalue weighted by Gasteiger charge is 2.54. The molecule has 17 heteroatoms. The molecule has 10 nitrogen and oxygen atoms in total. The van der Waals surface area contributed by atoms with Crippen molar-refractivity contribution in [1.82, 2.24) is 19.9 Å². The first-order valence-corrected chi connectivity index (χ1v) is 15.1. The summed E-state index contributed by atoms with van der Waals surface area (Å²) in [6, 6.07) is 0.199. The molecule has 1 aliphatic heterocycles. The minimum Gasteiger partial charge on any atom is -0.394 e. The summed E-state index contributed by atoms with van der Waals surface area (Å²) in [6.07, 6.45) is -5.12. The van der Waals surface area contributed by atoms with Gasteiger partial charge in [0.15, 0.2) is 17.5 Å². The van der Waals surface area contributed by atoms with E-state index in [4.69, 9.17) is 9.47 Å². The molecule has 2 heterocycles. The monoisotopic (exact) mass is 670 g/mol. The number of alkyl halides is 3. The van der Waals surface area contributed by atoms with Crippen molar-refractivity contribution in [3.8, 4) is 11.3 Å². The summed E-state index contributed by atoms with van der Waals surface area (Å²) in [7, 11) is 2.56. The van der Waals surface area contributed by atoms with Crippen molar-refractivity contribution in [2.75, 3.05) is 27.3 Å². The van der Waals surface area contributed by atoms with Crippen LogP contribution in [0.15, 0.2) is 18.3 Å². The topological polar surface area (TPSA) is 130 Å². The van der Waals surface area contributed by atoms with E-state index in [0.717, 1.165) is 9.58 Å². The number of carbonyl (C=O) groups is 1. The van der Waals surface area contributed by atoms with Crippen LogP contribution in [0.2, 0.25) is 0 Å². The molecule has 1 amide bonds. The maximum Gasteiger partial charge on any atom is 0.248 e. The maximum atomic E-state index is 14.5. The Morgan fingerprint density at radius 3 is 2.36 bits per heavy atom. The third kappa shape index (κ3) is 7.76. The summed E-state index contributed by atoms with van der Waals surface area (Å²) < 4.78 is 96.6. The lowest BCUT2D eigenvalue weighted by Crippen LogP contribution is -2.59. The van der Waals surface area contributed by atoms with Crippen LogP contribution in [-0.4, -0.2) is 115 Å². The third-order valence-electron chi connectivity index (χ3n) is 8.01. The largest absolute Gasteiger partial charge is 0.394 e. The molecular weight excluding hydrogens is 634 g/mol. The lowest BCUT2D eigenvalue weighted by molar-refractivity contribution is -0.186. The number of halogens is 6. The van der Waals surface area contributed by atoms with Crippen molar-refractivity contribution >= 4 is 17.7 Å². The van der Waals surface area contributed by atoms with E-state index in [9.17, 15) is 46.5 Å². The molecule has 45 heavy (non-hydrogen) atoms. The smallest absolute Gasteiger partial charge is 0.248 e. The van der Waals surface area contributed by atoms with Gasteiger partial charge in [0.1, 0.15) is 46.4 Å². The Morgan fingerprint density at radius 2 is 1.82 bits per heavy atom. The van der Waals surface area contributed by atoms with Gasteiger partial charge >= 0.3 is 0 Å². The Balaban J connectivity index is 1.70. The summed E-state index contributed by atoms with van der Waals surface area (Å²) in [5.74, 6) is -8.42. The fraction of sp³-hybridized carbons (Fsp3) is 0.679. The number of aliphatic hydroxyl groups is 3. The van der Waals surface area contributed by atoms with Gasteiger partial charge in [-0.15, -0.1) is 16.9 Å².